The van der Waals surface area contributed by atoms with Crippen LogP contribution >= 0.6 is 0 Å². The third kappa shape index (κ3) is 5.57. The van der Waals surface area contributed by atoms with Gasteiger partial charge in [-0.05, 0) is 68.4 Å². The van der Waals surface area contributed by atoms with E-state index in [1.165, 1.54) is 68.9 Å². The van der Waals surface area contributed by atoms with Gasteiger partial charge in [-0.25, -0.2) is 0 Å². The van der Waals surface area contributed by atoms with Gasteiger partial charge in [-0.15, -0.1) is 0 Å². The third-order valence-corrected chi connectivity index (χ3v) is 4.86. The minimum atomic E-state index is 0.466. The summed E-state index contributed by atoms with van der Waals surface area (Å²) in [6.45, 7) is 2.25. The Hall–Kier alpha value is -1.73. The molecule has 22 heavy (non-hydrogen) atoms. The Kier molecular flexibility index (Phi) is 7.05. The highest BCUT2D eigenvalue weighted by atomic mass is 14.2. The van der Waals surface area contributed by atoms with Crippen molar-refractivity contribution in [2.24, 2.45) is 11.8 Å². The van der Waals surface area contributed by atoms with Gasteiger partial charge >= 0.3 is 0 Å². The fourth-order valence-corrected chi connectivity index (χ4v) is 3.35. The third-order valence-electron chi connectivity index (χ3n) is 4.86. The summed E-state index contributed by atoms with van der Waals surface area (Å²) in [7, 11) is 0. The molecule has 1 heteroatoms. The lowest BCUT2D eigenvalue weighted by Gasteiger charge is -2.25. The quantitative estimate of drug-likeness (QED) is 0.653. The monoisotopic (exact) mass is 293 g/mol. The molecule has 1 fully saturated rings. The number of aryl methyl sites for hydroxylation is 2. The van der Waals surface area contributed by atoms with Crippen molar-refractivity contribution in [1.82, 2.24) is 0 Å². The predicted octanol–water partition coefficient (Wildman–Crippen LogP) is 5.30. The SMILES string of the molecule is CCCCc1ccc(CCC2CCC(C#CC#N)CC2)cc1. The van der Waals surface area contributed by atoms with Crippen molar-refractivity contribution in [1.29, 1.82) is 5.26 Å². The van der Waals surface area contributed by atoms with Gasteiger partial charge in [0.05, 0.1) is 0 Å². The van der Waals surface area contributed by atoms with Crippen LogP contribution in [0.5, 0.6) is 0 Å². The van der Waals surface area contributed by atoms with Crippen molar-refractivity contribution >= 4 is 0 Å². The topological polar surface area (TPSA) is 23.8 Å². The average Bonchev–Trinajstić information content (AvgIpc) is 2.58. The lowest BCUT2D eigenvalue weighted by Crippen LogP contribution is -2.14. The first-order valence-corrected chi connectivity index (χ1v) is 8.79. The zero-order valence-electron chi connectivity index (χ0n) is 13.8. The maximum atomic E-state index is 8.50. The molecule has 0 aliphatic heterocycles. The van der Waals surface area contributed by atoms with Crippen molar-refractivity contribution in [2.45, 2.75) is 64.7 Å². The van der Waals surface area contributed by atoms with Gasteiger partial charge < -0.3 is 0 Å². The van der Waals surface area contributed by atoms with Crippen molar-refractivity contribution in [2.75, 3.05) is 0 Å². The Morgan fingerprint density at radius 2 is 1.64 bits per heavy atom. The summed E-state index contributed by atoms with van der Waals surface area (Å²) < 4.78 is 0. The van der Waals surface area contributed by atoms with Crippen molar-refractivity contribution in [3.05, 3.63) is 35.4 Å². The summed E-state index contributed by atoms with van der Waals surface area (Å²) >= 11 is 0. The Morgan fingerprint density at radius 1 is 1.00 bits per heavy atom. The van der Waals surface area contributed by atoms with E-state index in [-0.39, 0.29) is 0 Å². The molecule has 0 spiro atoms. The zero-order valence-corrected chi connectivity index (χ0v) is 13.8. The highest BCUT2D eigenvalue weighted by Gasteiger charge is 2.19. The summed E-state index contributed by atoms with van der Waals surface area (Å²) in [6.07, 6.45) is 11.2. The van der Waals surface area contributed by atoms with E-state index in [9.17, 15) is 0 Å². The molecule has 2 rings (SSSR count). The molecule has 0 atom stereocenters. The maximum Gasteiger partial charge on any atom is 0.152 e. The Bertz CT molecular complexity index is 530. The van der Waals surface area contributed by atoms with Gasteiger partial charge in [0.2, 0.25) is 0 Å². The lowest BCUT2D eigenvalue weighted by atomic mass is 9.80. The molecular formula is C21H27N. The van der Waals surface area contributed by atoms with E-state index in [2.05, 4.69) is 43.0 Å². The van der Waals surface area contributed by atoms with E-state index in [4.69, 9.17) is 5.26 Å². The van der Waals surface area contributed by atoms with Crippen LogP contribution in [0, 0.1) is 35.0 Å². The largest absolute Gasteiger partial charge is 0.183 e. The number of nitriles is 1. The molecule has 0 heterocycles. The Morgan fingerprint density at radius 3 is 2.23 bits per heavy atom. The molecule has 0 bridgehead atoms. The van der Waals surface area contributed by atoms with E-state index in [0.29, 0.717) is 5.92 Å². The number of hydrogen-bond acceptors (Lipinski definition) is 1. The van der Waals surface area contributed by atoms with E-state index in [1.54, 1.807) is 0 Å². The normalized spacial score (nSPS) is 20.7. The van der Waals surface area contributed by atoms with E-state index in [1.807, 2.05) is 6.07 Å². The van der Waals surface area contributed by atoms with Crippen LogP contribution in [0.15, 0.2) is 24.3 Å². The Labute approximate surface area is 135 Å². The second-order valence-corrected chi connectivity index (χ2v) is 6.56. The van der Waals surface area contributed by atoms with Crippen LogP contribution < -0.4 is 0 Å². The molecule has 0 unspecified atom stereocenters. The first kappa shape index (κ1) is 16.6. The number of unbranched alkanes of at least 4 members (excludes halogenated alkanes) is 1. The first-order chi connectivity index (χ1) is 10.8. The van der Waals surface area contributed by atoms with Crippen LogP contribution in [0.1, 0.15) is 63.0 Å². The molecule has 1 aromatic carbocycles. The highest BCUT2D eigenvalue weighted by Crippen LogP contribution is 2.31. The van der Waals surface area contributed by atoms with E-state index in [0.717, 1.165) is 5.92 Å². The summed E-state index contributed by atoms with van der Waals surface area (Å²) in [4.78, 5) is 0. The molecule has 0 radical (unpaired) electrons. The van der Waals surface area contributed by atoms with Gasteiger partial charge in [0.1, 0.15) is 0 Å². The summed E-state index contributed by atoms with van der Waals surface area (Å²) in [5.41, 5.74) is 2.95. The molecule has 0 aromatic heterocycles. The van der Waals surface area contributed by atoms with Crippen LogP contribution in [0.3, 0.4) is 0 Å². The van der Waals surface area contributed by atoms with Gasteiger partial charge in [0, 0.05) is 11.8 Å². The second-order valence-electron chi connectivity index (χ2n) is 6.56. The molecule has 1 aliphatic rings. The second kappa shape index (κ2) is 9.32. The van der Waals surface area contributed by atoms with Gasteiger partial charge in [-0.2, -0.15) is 5.26 Å². The molecule has 1 aliphatic carbocycles. The minimum Gasteiger partial charge on any atom is -0.183 e. The van der Waals surface area contributed by atoms with E-state index < -0.39 is 0 Å². The highest BCUT2D eigenvalue weighted by molar-refractivity contribution is 5.23. The van der Waals surface area contributed by atoms with E-state index >= 15 is 0 Å². The molecule has 0 N–H and O–H groups in total. The van der Waals surface area contributed by atoms with Gasteiger partial charge in [0.25, 0.3) is 0 Å². The van der Waals surface area contributed by atoms with Crippen LogP contribution in [-0.2, 0) is 12.8 Å². The van der Waals surface area contributed by atoms with Crippen LogP contribution in [-0.4, -0.2) is 0 Å². The molecule has 1 saturated carbocycles. The molecule has 116 valence electrons. The fourth-order valence-electron chi connectivity index (χ4n) is 3.35. The number of benzene rings is 1. The summed E-state index contributed by atoms with van der Waals surface area (Å²) in [6, 6.07) is 11.2. The predicted molar refractivity (Wildman–Crippen MR) is 92.2 cm³/mol. The molecule has 0 amide bonds. The van der Waals surface area contributed by atoms with Gasteiger partial charge in [-0.1, -0.05) is 43.5 Å². The van der Waals surface area contributed by atoms with Crippen molar-refractivity contribution in [3.63, 3.8) is 0 Å². The van der Waals surface area contributed by atoms with Crippen LogP contribution in [0.25, 0.3) is 0 Å². The van der Waals surface area contributed by atoms with Crippen LogP contribution in [0.2, 0.25) is 0 Å². The molecule has 1 aromatic rings. The lowest BCUT2D eigenvalue weighted by molar-refractivity contribution is 0.302. The van der Waals surface area contributed by atoms with Gasteiger partial charge in [0.15, 0.2) is 6.07 Å². The molecule has 0 saturated heterocycles. The Balaban J connectivity index is 1.71. The first-order valence-electron chi connectivity index (χ1n) is 8.79. The number of rotatable bonds is 6. The standard InChI is InChI=1S/C21H27N/c1-2-3-5-18-7-11-20(12-8-18)15-16-21-13-9-19(10-14-21)6-4-17-22/h7-8,11-12,19,21H,2-3,5,9-10,13-16H2,1H3. The molecular weight excluding hydrogens is 266 g/mol. The summed E-state index contributed by atoms with van der Waals surface area (Å²) in [5, 5.41) is 8.50. The van der Waals surface area contributed by atoms with Crippen molar-refractivity contribution < 1.29 is 0 Å². The average molecular weight is 293 g/mol. The smallest absolute Gasteiger partial charge is 0.152 e. The zero-order chi connectivity index (χ0) is 15.6. The van der Waals surface area contributed by atoms with Crippen molar-refractivity contribution in [3.8, 4) is 17.9 Å². The number of hydrogen-bond donors (Lipinski definition) is 0. The fraction of sp³-hybridized carbons (Fsp3) is 0.571. The van der Waals surface area contributed by atoms with Gasteiger partial charge in [-0.3, -0.25) is 0 Å². The number of nitrogens with zero attached hydrogens (tertiary/aromatic N) is 1. The maximum absolute atomic E-state index is 8.50. The summed E-state index contributed by atoms with van der Waals surface area (Å²) in [5.74, 6) is 6.96. The minimum absolute atomic E-state index is 0.466. The molecule has 1 nitrogen and oxygen atoms in total. The van der Waals surface area contributed by atoms with Crippen LogP contribution in [0.4, 0.5) is 0 Å².